The number of benzene rings is 2. The molecule has 0 aromatic heterocycles. The Bertz CT molecular complexity index is 866. The molecule has 140 valence electrons. The van der Waals surface area contributed by atoms with Crippen LogP contribution in [0.3, 0.4) is 0 Å². The lowest BCUT2D eigenvalue weighted by Crippen LogP contribution is -2.32. The summed E-state index contributed by atoms with van der Waals surface area (Å²) in [5.74, 6) is -1.59. The fraction of sp³-hybridized carbons (Fsp3) is 0.111. The summed E-state index contributed by atoms with van der Waals surface area (Å²) in [5.41, 5.74) is 8.08. The highest BCUT2D eigenvalue weighted by atomic mass is 16.5. The van der Waals surface area contributed by atoms with Gasteiger partial charge in [-0.25, -0.2) is 5.43 Å². The number of carbonyl (C=O) groups is 3. The van der Waals surface area contributed by atoms with Gasteiger partial charge in [-0.05, 0) is 29.8 Å². The zero-order valence-electron chi connectivity index (χ0n) is 14.5. The molecule has 0 aliphatic heterocycles. The van der Waals surface area contributed by atoms with Gasteiger partial charge in [-0.1, -0.05) is 24.3 Å². The molecule has 0 fully saturated rings. The van der Waals surface area contributed by atoms with Crippen molar-refractivity contribution in [1.82, 2.24) is 5.43 Å². The lowest BCUT2D eigenvalue weighted by atomic mass is 10.2. The average molecular weight is 370 g/mol. The molecule has 0 spiro atoms. The molecule has 2 rings (SSSR count). The number of hydrogen-bond acceptors (Lipinski definition) is 6. The maximum absolute atomic E-state index is 11.9. The Kier molecular flexibility index (Phi) is 6.89. The number of anilines is 1. The van der Waals surface area contributed by atoms with Crippen LogP contribution in [0.5, 0.6) is 11.5 Å². The molecular weight excluding hydrogens is 352 g/mol. The van der Waals surface area contributed by atoms with Crippen LogP contribution >= 0.6 is 0 Å². The van der Waals surface area contributed by atoms with E-state index in [1.54, 1.807) is 48.5 Å². The normalized spacial score (nSPS) is 10.3. The molecule has 0 aliphatic rings. The number of methoxy groups -OCH3 is 1. The Morgan fingerprint density at radius 3 is 2.63 bits per heavy atom. The lowest BCUT2D eigenvalue weighted by Gasteiger charge is -2.08. The minimum Gasteiger partial charge on any atom is -0.495 e. The van der Waals surface area contributed by atoms with Crippen LogP contribution in [0.25, 0.3) is 0 Å². The van der Waals surface area contributed by atoms with Crippen LogP contribution in [-0.2, 0) is 14.4 Å². The number of hydrogen-bond donors (Lipinski definition) is 3. The van der Waals surface area contributed by atoms with Crippen molar-refractivity contribution < 1.29 is 23.9 Å². The van der Waals surface area contributed by atoms with Gasteiger partial charge in [-0.3, -0.25) is 14.4 Å². The molecule has 0 heterocycles. The third-order valence-corrected chi connectivity index (χ3v) is 3.18. The second kappa shape index (κ2) is 9.56. The number of nitrogens with two attached hydrogens (primary N) is 1. The van der Waals surface area contributed by atoms with Crippen molar-refractivity contribution in [3.05, 3.63) is 54.1 Å². The molecule has 27 heavy (non-hydrogen) atoms. The predicted molar refractivity (Wildman–Crippen MR) is 98.5 cm³/mol. The fourth-order valence-electron chi connectivity index (χ4n) is 1.98. The van der Waals surface area contributed by atoms with Crippen LogP contribution in [0, 0.1) is 0 Å². The molecule has 0 aliphatic carbocycles. The minimum absolute atomic E-state index is 0.250. The van der Waals surface area contributed by atoms with Crippen LogP contribution in [0.4, 0.5) is 5.69 Å². The molecule has 0 unspecified atom stereocenters. The first kappa shape index (κ1) is 19.4. The highest BCUT2D eigenvalue weighted by Crippen LogP contribution is 2.22. The van der Waals surface area contributed by atoms with Gasteiger partial charge < -0.3 is 20.5 Å². The molecule has 0 atom stereocenters. The Morgan fingerprint density at radius 1 is 1.11 bits per heavy atom. The summed E-state index contributed by atoms with van der Waals surface area (Å²) in [6.45, 7) is -0.250. The van der Waals surface area contributed by atoms with Gasteiger partial charge in [0, 0.05) is 0 Å². The highest BCUT2D eigenvalue weighted by molar-refractivity contribution is 6.39. The Hall–Kier alpha value is -3.88. The second-order valence-electron chi connectivity index (χ2n) is 5.18. The third-order valence-electron chi connectivity index (χ3n) is 3.18. The molecule has 0 saturated carbocycles. The van der Waals surface area contributed by atoms with Crippen molar-refractivity contribution in [3.8, 4) is 11.5 Å². The quantitative estimate of drug-likeness (QED) is 0.374. The lowest BCUT2D eigenvalue weighted by molar-refractivity contribution is -0.136. The van der Waals surface area contributed by atoms with E-state index in [9.17, 15) is 14.4 Å². The first-order valence-electron chi connectivity index (χ1n) is 7.78. The minimum atomic E-state index is -0.946. The molecule has 0 saturated heterocycles. The first-order valence-corrected chi connectivity index (χ1v) is 7.78. The number of hydrazone groups is 1. The predicted octanol–water partition coefficient (Wildman–Crippen LogP) is 0.648. The van der Waals surface area contributed by atoms with Gasteiger partial charge in [0.1, 0.15) is 11.5 Å². The smallest absolute Gasteiger partial charge is 0.329 e. The summed E-state index contributed by atoms with van der Waals surface area (Å²) in [4.78, 5) is 34.5. The summed E-state index contributed by atoms with van der Waals surface area (Å²) in [6, 6.07) is 13.3. The van der Waals surface area contributed by atoms with Gasteiger partial charge in [0.2, 0.25) is 0 Å². The van der Waals surface area contributed by atoms with Gasteiger partial charge in [0.15, 0.2) is 6.61 Å². The summed E-state index contributed by atoms with van der Waals surface area (Å²) >= 11 is 0. The third kappa shape index (κ3) is 6.16. The van der Waals surface area contributed by atoms with E-state index in [0.29, 0.717) is 22.7 Å². The zero-order chi connectivity index (χ0) is 19.6. The summed E-state index contributed by atoms with van der Waals surface area (Å²) in [7, 11) is 1.45. The molecule has 2 aromatic rings. The van der Waals surface area contributed by atoms with E-state index < -0.39 is 17.7 Å². The number of nitrogens with one attached hydrogen (secondary N) is 2. The number of rotatable bonds is 7. The SMILES string of the molecule is COc1ccccc1NC(=O)C(=O)N/N=C/c1cccc(OCC(N)=O)c1. The van der Waals surface area contributed by atoms with Gasteiger partial charge >= 0.3 is 11.8 Å². The van der Waals surface area contributed by atoms with E-state index in [4.69, 9.17) is 15.2 Å². The Labute approximate surface area is 155 Å². The van der Waals surface area contributed by atoms with Crippen molar-refractivity contribution in [1.29, 1.82) is 0 Å². The topological polar surface area (TPSA) is 132 Å². The second-order valence-corrected chi connectivity index (χ2v) is 5.18. The number of carbonyl (C=O) groups excluding carboxylic acids is 3. The molecule has 3 amide bonds. The van der Waals surface area contributed by atoms with E-state index in [-0.39, 0.29) is 6.61 Å². The van der Waals surface area contributed by atoms with Crippen molar-refractivity contribution >= 4 is 29.6 Å². The standard InChI is InChI=1S/C18H18N4O5/c1-26-15-8-3-2-7-14(15)21-17(24)18(25)22-20-10-12-5-4-6-13(9-12)27-11-16(19)23/h2-10H,11H2,1H3,(H2,19,23)(H,21,24)(H,22,25)/b20-10+. The van der Waals surface area contributed by atoms with Crippen LogP contribution in [0.2, 0.25) is 0 Å². The van der Waals surface area contributed by atoms with Crippen LogP contribution in [0.1, 0.15) is 5.56 Å². The number of nitrogens with zero attached hydrogens (tertiary/aromatic N) is 1. The maximum atomic E-state index is 11.9. The Balaban J connectivity index is 1.91. The van der Waals surface area contributed by atoms with Crippen molar-refractivity contribution in [2.75, 3.05) is 19.0 Å². The largest absolute Gasteiger partial charge is 0.495 e. The first-order chi connectivity index (χ1) is 13.0. The fourth-order valence-corrected chi connectivity index (χ4v) is 1.98. The summed E-state index contributed by atoms with van der Waals surface area (Å²) in [5, 5.41) is 6.15. The zero-order valence-corrected chi connectivity index (χ0v) is 14.5. The number of para-hydroxylation sites is 2. The van der Waals surface area contributed by atoms with E-state index in [1.807, 2.05) is 0 Å². The molecule has 9 nitrogen and oxygen atoms in total. The van der Waals surface area contributed by atoms with E-state index in [1.165, 1.54) is 13.3 Å². The number of primary amides is 1. The van der Waals surface area contributed by atoms with E-state index in [0.717, 1.165) is 0 Å². The molecule has 0 bridgehead atoms. The molecular formula is C18H18N4O5. The van der Waals surface area contributed by atoms with E-state index >= 15 is 0 Å². The van der Waals surface area contributed by atoms with Crippen molar-refractivity contribution in [3.63, 3.8) is 0 Å². The van der Waals surface area contributed by atoms with Gasteiger partial charge in [-0.15, -0.1) is 0 Å². The number of amides is 3. The molecule has 4 N–H and O–H groups in total. The number of ether oxygens (including phenoxy) is 2. The van der Waals surface area contributed by atoms with Crippen LogP contribution in [-0.4, -0.2) is 37.7 Å². The monoisotopic (exact) mass is 370 g/mol. The van der Waals surface area contributed by atoms with Gasteiger partial charge in [0.25, 0.3) is 5.91 Å². The maximum Gasteiger partial charge on any atom is 0.329 e. The van der Waals surface area contributed by atoms with Crippen molar-refractivity contribution in [2.45, 2.75) is 0 Å². The summed E-state index contributed by atoms with van der Waals surface area (Å²) < 4.78 is 10.3. The highest BCUT2D eigenvalue weighted by Gasteiger charge is 2.14. The van der Waals surface area contributed by atoms with Crippen molar-refractivity contribution in [2.24, 2.45) is 10.8 Å². The van der Waals surface area contributed by atoms with Gasteiger partial charge in [0.05, 0.1) is 19.0 Å². The average Bonchev–Trinajstić information content (AvgIpc) is 2.67. The van der Waals surface area contributed by atoms with Gasteiger partial charge in [-0.2, -0.15) is 5.10 Å². The van der Waals surface area contributed by atoms with E-state index in [2.05, 4.69) is 15.8 Å². The summed E-state index contributed by atoms with van der Waals surface area (Å²) in [6.07, 6.45) is 1.32. The van der Waals surface area contributed by atoms with Crippen LogP contribution < -0.4 is 25.9 Å². The molecule has 9 heteroatoms. The Morgan fingerprint density at radius 2 is 1.89 bits per heavy atom. The molecule has 2 aromatic carbocycles. The van der Waals surface area contributed by atoms with Crippen LogP contribution in [0.15, 0.2) is 53.6 Å². The molecule has 0 radical (unpaired) electrons.